The van der Waals surface area contributed by atoms with Gasteiger partial charge in [-0.3, -0.25) is 0 Å². The van der Waals surface area contributed by atoms with E-state index in [9.17, 15) is 0 Å². The van der Waals surface area contributed by atoms with Gasteiger partial charge in [0.25, 0.3) is 0 Å². The Bertz CT molecular complexity index is 292. The minimum Gasteiger partial charge on any atom is -0.327 e. The van der Waals surface area contributed by atoms with E-state index >= 15 is 0 Å². The lowest BCUT2D eigenvalue weighted by Crippen LogP contribution is -2.53. The Morgan fingerprint density at radius 3 is 2.56 bits per heavy atom. The maximum absolute atomic E-state index is 6.63. The van der Waals surface area contributed by atoms with Crippen LogP contribution in [-0.2, 0) is 0 Å². The van der Waals surface area contributed by atoms with Crippen LogP contribution in [0.1, 0.15) is 53.4 Å². The van der Waals surface area contributed by atoms with Gasteiger partial charge in [0, 0.05) is 11.5 Å². The van der Waals surface area contributed by atoms with Gasteiger partial charge in [-0.25, -0.2) is 0 Å². The van der Waals surface area contributed by atoms with E-state index in [1.165, 1.54) is 25.7 Å². The highest BCUT2D eigenvalue weighted by Crippen LogP contribution is 2.52. The third-order valence-corrected chi connectivity index (χ3v) is 5.26. The molecule has 92 valence electrons. The van der Waals surface area contributed by atoms with Crippen LogP contribution < -0.4 is 5.73 Å². The molecule has 1 fully saturated rings. The Morgan fingerprint density at radius 1 is 1.38 bits per heavy atom. The van der Waals surface area contributed by atoms with Crippen molar-refractivity contribution in [3.63, 3.8) is 0 Å². The lowest BCUT2D eigenvalue weighted by atomic mass is 9.58. The first kappa shape index (κ1) is 12.2. The fourth-order valence-corrected chi connectivity index (χ4v) is 4.03. The summed E-state index contributed by atoms with van der Waals surface area (Å²) in [6, 6.07) is 0.383. The molecule has 0 amide bonds. The van der Waals surface area contributed by atoms with E-state index in [0.29, 0.717) is 11.5 Å². The number of hydrogen-bond acceptors (Lipinski definition) is 1. The first-order valence-corrected chi connectivity index (χ1v) is 6.91. The van der Waals surface area contributed by atoms with Crippen LogP contribution >= 0.6 is 0 Å². The van der Waals surface area contributed by atoms with Crippen LogP contribution in [0.2, 0.25) is 0 Å². The molecular weight excluding hydrogens is 194 g/mol. The van der Waals surface area contributed by atoms with Crippen molar-refractivity contribution in [3.8, 4) is 0 Å². The highest BCUT2D eigenvalue weighted by atomic mass is 14.8. The predicted octanol–water partition coefficient (Wildman–Crippen LogP) is 3.74. The molecule has 1 saturated carbocycles. The summed E-state index contributed by atoms with van der Waals surface area (Å²) >= 11 is 0. The first-order valence-electron chi connectivity index (χ1n) is 6.91. The van der Waals surface area contributed by atoms with Gasteiger partial charge >= 0.3 is 0 Å². The summed E-state index contributed by atoms with van der Waals surface area (Å²) < 4.78 is 0. The Balaban J connectivity index is 2.28. The highest BCUT2D eigenvalue weighted by Gasteiger charge is 2.48. The van der Waals surface area contributed by atoms with Crippen LogP contribution in [0.3, 0.4) is 0 Å². The largest absolute Gasteiger partial charge is 0.327 e. The molecular formula is C15H27N. The van der Waals surface area contributed by atoms with Gasteiger partial charge in [0.1, 0.15) is 0 Å². The van der Waals surface area contributed by atoms with Gasteiger partial charge in [-0.1, -0.05) is 32.4 Å². The van der Waals surface area contributed by atoms with Gasteiger partial charge in [-0.15, -0.1) is 0 Å². The SMILES string of the molecule is CC1=CC2(CC1)C(C)CCC(C(C)C)C2N. The van der Waals surface area contributed by atoms with Crippen molar-refractivity contribution in [2.45, 2.75) is 59.4 Å². The second-order valence-electron chi connectivity index (χ2n) is 6.52. The molecule has 16 heavy (non-hydrogen) atoms. The maximum Gasteiger partial charge on any atom is 0.0164 e. The zero-order valence-corrected chi connectivity index (χ0v) is 11.3. The third kappa shape index (κ3) is 1.73. The van der Waals surface area contributed by atoms with Crippen molar-refractivity contribution in [1.29, 1.82) is 0 Å². The van der Waals surface area contributed by atoms with Gasteiger partial charge in [0.2, 0.25) is 0 Å². The van der Waals surface area contributed by atoms with Crippen molar-refractivity contribution < 1.29 is 0 Å². The van der Waals surface area contributed by atoms with Gasteiger partial charge in [0.15, 0.2) is 0 Å². The molecule has 1 heteroatoms. The molecule has 0 radical (unpaired) electrons. The molecule has 1 nitrogen and oxygen atoms in total. The fourth-order valence-electron chi connectivity index (χ4n) is 4.03. The summed E-state index contributed by atoms with van der Waals surface area (Å²) in [7, 11) is 0. The highest BCUT2D eigenvalue weighted by molar-refractivity contribution is 5.21. The van der Waals surface area contributed by atoms with Gasteiger partial charge in [-0.2, -0.15) is 0 Å². The Morgan fingerprint density at radius 2 is 2.06 bits per heavy atom. The van der Waals surface area contributed by atoms with Crippen molar-refractivity contribution >= 4 is 0 Å². The van der Waals surface area contributed by atoms with Crippen LogP contribution in [0.25, 0.3) is 0 Å². The molecule has 0 saturated heterocycles. The van der Waals surface area contributed by atoms with E-state index in [1.807, 2.05) is 0 Å². The van der Waals surface area contributed by atoms with Crippen molar-refractivity contribution in [1.82, 2.24) is 0 Å². The second-order valence-corrected chi connectivity index (χ2v) is 6.52. The molecule has 0 aliphatic heterocycles. The summed E-state index contributed by atoms with van der Waals surface area (Å²) in [6.07, 6.45) is 7.78. The number of nitrogens with two attached hydrogens (primary N) is 1. The maximum atomic E-state index is 6.63. The molecule has 0 heterocycles. The van der Waals surface area contributed by atoms with E-state index in [2.05, 4.69) is 33.8 Å². The van der Waals surface area contributed by atoms with Crippen LogP contribution in [0.5, 0.6) is 0 Å². The van der Waals surface area contributed by atoms with E-state index in [0.717, 1.165) is 17.8 Å². The van der Waals surface area contributed by atoms with Crippen molar-refractivity contribution in [2.24, 2.45) is 28.9 Å². The van der Waals surface area contributed by atoms with E-state index in [-0.39, 0.29) is 0 Å². The monoisotopic (exact) mass is 221 g/mol. The van der Waals surface area contributed by atoms with Crippen LogP contribution in [0, 0.1) is 23.2 Å². The first-order chi connectivity index (χ1) is 7.47. The van der Waals surface area contributed by atoms with E-state index < -0.39 is 0 Å². The quantitative estimate of drug-likeness (QED) is 0.671. The molecule has 2 rings (SSSR count). The molecule has 2 N–H and O–H groups in total. The molecule has 0 aromatic carbocycles. The van der Waals surface area contributed by atoms with Crippen LogP contribution in [-0.4, -0.2) is 6.04 Å². The molecule has 0 aromatic rings. The lowest BCUT2D eigenvalue weighted by Gasteiger charge is -2.49. The number of hydrogen-bond donors (Lipinski definition) is 1. The summed E-state index contributed by atoms with van der Waals surface area (Å²) in [5.41, 5.74) is 8.52. The standard InChI is InChI=1S/C15H27N/c1-10(2)13-6-5-12(4)15(14(13)16)8-7-11(3)9-15/h9-10,12-14H,5-8,16H2,1-4H3. The molecule has 4 atom stereocenters. The second kappa shape index (κ2) is 4.18. The predicted molar refractivity (Wildman–Crippen MR) is 70.1 cm³/mol. The molecule has 2 aliphatic carbocycles. The Labute approximate surface area is 100 Å². The lowest BCUT2D eigenvalue weighted by molar-refractivity contribution is 0.0629. The summed E-state index contributed by atoms with van der Waals surface area (Å²) in [6.45, 7) is 9.35. The molecule has 4 unspecified atom stereocenters. The summed E-state index contributed by atoms with van der Waals surface area (Å²) in [5.74, 6) is 2.22. The molecule has 0 bridgehead atoms. The fraction of sp³-hybridized carbons (Fsp3) is 0.867. The van der Waals surface area contributed by atoms with Gasteiger partial charge in [-0.05, 0) is 50.4 Å². The molecule has 0 aromatic heterocycles. The minimum atomic E-state index is 0.331. The minimum absolute atomic E-state index is 0.331. The smallest absolute Gasteiger partial charge is 0.0164 e. The average Bonchev–Trinajstić information content (AvgIpc) is 2.59. The van der Waals surface area contributed by atoms with E-state index in [1.54, 1.807) is 5.57 Å². The van der Waals surface area contributed by atoms with Crippen molar-refractivity contribution in [2.75, 3.05) is 0 Å². The van der Waals surface area contributed by atoms with Gasteiger partial charge in [0.05, 0.1) is 0 Å². The Kier molecular flexibility index (Phi) is 3.18. The topological polar surface area (TPSA) is 26.0 Å². The number of allylic oxidation sites excluding steroid dienone is 1. The zero-order chi connectivity index (χ0) is 11.9. The summed E-state index contributed by atoms with van der Waals surface area (Å²) in [4.78, 5) is 0. The molecule has 1 spiro atoms. The van der Waals surface area contributed by atoms with Crippen LogP contribution in [0.4, 0.5) is 0 Å². The number of rotatable bonds is 1. The van der Waals surface area contributed by atoms with Gasteiger partial charge < -0.3 is 5.73 Å². The third-order valence-electron chi connectivity index (χ3n) is 5.26. The summed E-state index contributed by atoms with van der Waals surface area (Å²) in [5, 5.41) is 0. The van der Waals surface area contributed by atoms with Crippen LogP contribution in [0.15, 0.2) is 11.6 Å². The average molecular weight is 221 g/mol. The van der Waals surface area contributed by atoms with E-state index in [4.69, 9.17) is 5.73 Å². The normalized spacial score (nSPS) is 44.1. The Hall–Kier alpha value is -0.300. The molecule has 2 aliphatic rings. The van der Waals surface area contributed by atoms with Crippen molar-refractivity contribution in [3.05, 3.63) is 11.6 Å². The zero-order valence-electron chi connectivity index (χ0n) is 11.3.